The van der Waals surface area contributed by atoms with Gasteiger partial charge in [-0.2, -0.15) is 0 Å². The summed E-state index contributed by atoms with van der Waals surface area (Å²) in [5.41, 5.74) is 8.72. The molecular formula is C26H23Cl2N3O3S. The number of halogens is 2. The second-order valence-electron chi connectivity index (χ2n) is 7.64. The molecule has 4 rings (SSSR count). The Balaban J connectivity index is 1.62. The number of nitrogens with one attached hydrogen (secondary N) is 1. The molecule has 0 saturated heterocycles. The number of hydrogen-bond acceptors (Lipinski definition) is 7. The molecule has 0 bridgehead atoms. The van der Waals surface area contributed by atoms with Crippen molar-refractivity contribution in [1.82, 2.24) is 10.3 Å². The number of hydrogen-bond donors (Lipinski definition) is 2. The maximum atomic E-state index is 13.3. The van der Waals surface area contributed by atoms with Gasteiger partial charge in [0.1, 0.15) is 29.7 Å². The lowest BCUT2D eigenvalue weighted by Gasteiger charge is -2.13. The van der Waals surface area contributed by atoms with Gasteiger partial charge in [-0.3, -0.25) is 4.79 Å². The lowest BCUT2D eigenvalue weighted by Crippen LogP contribution is -2.08. The highest BCUT2D eigenvalue weighted by atomic mass is 35.5. The first-order valence-corrected chi connectivity index (χ1v) is 12.3. The van der Waals surface area contributed by atoms with Gasteiger partial charge in [0.2, 0.25) is 5.78 Å². The molecule has 9 heteroatoms. The Hall–Kier alpha value is -3.10. The molecule has 0 radical (unpaired) electrons. The number of ether oxygens (including phenoxy) is 2. The van der Waals surface area contributed by atoms with E-state index in [4.69, 9.17) is 38.4 Å². The topological polar surface area (TPSA) is 86.5 Å². The summed E-state index contributed by atoms with van der Waals surface area (Å²) in [6.45, 7) is 0.943. The molecule has 0 spiro atoms. The molecule has 35 heavy (non-hydrogen) atoms. The molecular weight excluding hydrogens is 505 g/mol. The van der Waals surface area contributed by atoms with Gasteiger partial charge in [-0.25, -0.2) is 4.98 Å². The molecule has 1 heterocycles. The maximum absolute atomic E-state index is 13.3. The highest BCUT2D eigenvalue weighted by Crippen LogP contribution is 2.30. The molecule has 180 valence electrons. The third-order valence-corrected chi connectivity index (χ3v) is 6.78. The monoisotopic (exact) mass is 527 g/mol. The van der Waals surface area contributed by atoms with Crippen molar-refractivity contribution in [3.05, 3.63) is 104 Å². The van der Waals surface area contributed by atoms with E-state index in [2.05, 4.69) is 10.3 Å². The zero-order chi connectivity index (χ0) is 24.8. The van der Waals surface area contributed by atoms with E-state index in [0.29, 0.717) is 49.4 Å². The normalized spacial score (nSPS) is 10.8. The SMILES string of the molecule is CNCc1nc(C(=O)c2cc(OCc3ccccc3Cl)cc(OCc3ccccc3Cl)c2)sc1N. The van der Waals surface area contributed by atoms with E-state index in [-0.39, 0.29) is 19.0 Å². The van der Waals surface area contributed by atoms with Crippen molar-refractivity contribution >= 4 is 45.3 Å². The van der Waals surface area contributed by atoms with Gasteiger partial charge in [-0.1, -0.05) is 70.9 Å². The van der Waals surface area contributed by atoms with E-state index in [9.17, 15) is 4.79 Å². The number of benzene rings is 3. The molecule has 0 atom stereocenters. The minimum atomic E-state index is -0.269. The largest absolute Gasteiger partial charge is 0.489 e. The van der Waals surface area contributed by atoms with Crippen LogP contribution in [0, 0.1) is 0 Å². The number of carbonyl (C=O) groups excluding carboxylic acids is 1. The standard InChI is InChI=1S/C26H23Cl2N3O3S/c1-30-13-23-25(29)35-26(31-23)24(32)18-10-19(33-14-16-6-2-4-8-21(16)27)12-20(11-18)34-15-17-7-3-5-9-22(17)28/h2-12,30H,13-15,29H2,1H3. The molecule has 0 aliphatic carbocycles. The fourth-order valence-corrected chi connectivity index (χ4v) is 4.49. The van der Waals surface area contributed by atoms with E-state index in [1.165, 1.54) is 0 Å². The molecule has 0 aliphatic rings. The zero-order valence-electron chi connectivity index (χ0n) is 18.9. The summed E-state index contributed by atoms with van der Waals surface area (Å²) >= 11 is 13.7. The van der Waals surface area contributed by atoms with E-state index < -0.39 is 0 Å². The van der Waals surface area contributed by atoms with E-state index in [1.807, 2.05) is 36.4 Å². The van der Waals surface area contributed by atoms with Crippen LogP contribution >= 0.6 is 34.5 Å². The van der Waals surface area contributed by atoms with Crippen LogP contribution in [0.15, 0.2) is 66.7 Å². The van der Waals surface area contributed by atoms with Crippen LogP contribution in [0.3, 0.4) is 0 Å². The van der Waals surface area contributed by atoms with Gasteiger partial charge in [-0.15, -0.1) is 0 Å². The second-order valence-corrected chi connectivity index (χ2v) is 9.49. The van der Waals surface area contributed by atoms with Crippen LogP contribution in [-0.4, -0.2) is 17.8 Å². The molecule has 0 fully saturated rings. The van der Waals surface area contributed by atoms with Gasteiger partial charge in [0.15, 0.2) is 5.01 Å². The number of nitrogens with two attached hydrogens (primary N) is 1. The lowest BCUT2D eigenvalue weighted by molar-refractivity contribution is 0.103. The second kappa shape index (κ2) is 11.6. The minimum absolute atomic E-state index is 0.234. The number of ketones is 1. The Morgan fingerprint density at radius 3 is 2.00 bits per heavy atom. The highest BCUT2D eigenvalue weighted by Gasteiger charge is 2.19. The quantitative estimate of drug-likeness (QED) is 0.241. The third-order valence-electron chi connectivity index (χ3n) is 5.11. The summed E-state index contributed by atoms with van der Waals surface area (Å²) < 4.78 is 12.0. The molecule has 0 unspecified atom stereocenters. The number of carbonyl (C=O) groups is 1. The number of rotatable bonds is 10. The van der Waals surface area contributed by atoms with E-state index >= 15 is 0 Å². The van der Waals surface area contributed by atoms with Gasteiger partial charge >= 0.3 is 0 Å². The highest BCUT2D eigenvalue weighted by molar-refractivity contribution is 7.17. The van der Waals surface area contributed by atoms with Crippen LogP contribution in [-0.2, 0) is 19.8 Å². The molecule has 0 aliphatic heterocycles. The summed E-state index contributed by atoms with van der Waals surface area (Å²) in [6, 6.07) is 19.9. The van der Waals surface area contributed by atoms with Crippen molar-refractivity contribution < 1.29 is 14.3 Å². The predicted molar refractivity (Wildman–Crippen MR) is 141 cm³/mol. The summed E-state index contributed by atoms with van der Waals surface area (Å²) in [5.74, 6) is 0.657. The Labute approximate surface area is 217 Å². The predicted octanol–water partition coefficient (Wildman–Crippen LogP) is 6.14. The minimum Gasteiger partial charge on any atom is -0.489 e. The average molecular weight is 528 g/mol. The first-order valence-electron chi connectivity index (χ1n) is 10.8. The number of nitrogens with zero attached hydrogens (tertiary/aromatic N) is 1. The van der Waals surface area contributed by atoms with Gasteiger partial charge in [0, 0.05) is 39.3 Å². The fourth-order valence-electron chi connectivity index (χ4n) is 3.30. The van der Waals surface area contributed by atoms with Crippen LogP contribution in [0.1, 0.15) is 32.2 Å². The van der Waals surface area contributed by atoms with Gasteiger partial charge in [0.25, 0.3) is 0 Å². The molecule has 4 aromatic rings. The summed E-state index contributed by atoms with van der Waals surface area (Å²) in [6.07, 6.45) is 0. The summed E-state index contributed by atoms with van der Waals surface area (Å²) in [4.78, 5) is 17.7. The molecule has 1 aromatic heterocycles. The van der Waals surface area contributed by atoms with Crippen molar-refractivity contribution in [2.45, 2.75) is 19.8 Å². The fraction of sp³-hybridized carbons (Fsp3) is 0.154. The van der Waals surface area contributed by atoms with Gasteiger partial charge in [-0.05, 0) is 31.3 Å². The van der Waals surface area contributed by atoms with Crippen LogP contribution in [0.2, 0.25) is 10.0 Å². The number of anilines is 1. The summed E-state index contributed by atoms with van der Waals surface area (Å²) in [7, 11) is 1.79. The van der Waals surface area contributed by atoms with Crippen LogP contribution in [0.25, 0.3) is 0 Å². The van der Waals surface area contributed by atoms with Gasteiger partial charge in [0.05, 0.1) is 5.69 Å². The van der Waals surface area contributed by atoms with Crippen molar-refractivity contribution in [1.29, 1.82) is 0 Å². The molecule has 6 nitrogen and oxygen atoms in total. The zero-order valence-corrected chi connectivity index (χ0v) is 21.2. The van der Waals surface area contributed by atoms with E-state index in [1.54, 1.807) is 37.4 Å². The molecule has 0 saturated carbocycles. The van der Waals surface area contributed by atoms with Crippen molar-refractivity contribution in [3.63, 3.8) is 0 Å². The Kier molecular flexibility index (Phi) is 8.25. The smallest absolute Gasteiger partial charge is 0.221 e. The molecule has 3 N–H and O–H groups in total. The lowest BCUT2D eigenvalue weighted by atomic mass is 10.1. The van der Waals surface area contributed by atoms with Crippen molar-refractivity contribution in [3.8, 4) is 11.5 Å². The van der Waals surface area contributed by atoms with Crippen LogP contribution < -0.4 is 20.5 Å². The first-order chi connectivity index (χ1) is 16.9. The van der Waals surface area contributed by atoms with Crippen LogP contribution in [0.4, 0.5) is 5.00 Å². The van der Waals surface area contributed by atoms with Gasteiger partial charge < -0.3 is 20.5 Å². The van der Waals surface area contributed by atoms with Crippen molar-refractivity contribution in [2.24, 2.45) is 0 Å². The number of aromatic nitrogens is 1. The Bertz CT molecular complexity index is 1280. The Morgan fingerprint density at radius 1 is 0.943 bits per heavy atom. The van der Waals surface area contributed by atoms with Crippen LogP contribution in [0.5, 0.6) is 11.5 Å². The van der Waals surface area contributed by atoms with E-state index in [0.717, 1.165) is 22.5 Å². The Morgan fingerprint density at radius 2 is 1.49 bits per heavy atom. The number of nitrogen functional groups attached to an aromatic ring is 1. The summed E-state index contributed by atoms with van der Waals surface area (Å²) in [5, 5.41) is 5.01. The maximum Gasteiger partial charge on any atom is 0.221 e. The number of thiazole rings is 1. The first kappa shape index (κ1) is 25.0. The molecule has 0 amide bonds. The van der Waals surface area contributed by atoms with Crippen molar-refractivity contribution in [2.75, 3.05) is 12.8 Å². The molecule has 3 aromatic carbocycles. The third kappa shape index (κ3) is 6.32. The average Bonchev–Trinajstić information content (AvgIpc) is 3.23.